The zero-order valence-electron chi connectivity index (χ0n) is 14.7. The number of nitrogens with one attached hydrogen (secondary N) is 1. The maximum absolute atomic E-state index is 12.6. The number of ether oxygens (including phenoxy) is 1. The smallest absolute Gasteiger partial charge is 0.255 e. The van der Waals surface area contributed by atoms with Gasteiger partial charge < -0.3 is 10.1 Å². The van der Waals surface area contributed by atoms with Gasteiger partial charge in [0.1, 0.15) is 16.8 Å². The number of anilines is 1. The molecule has 0 aliphatic carbocycles. The number of aromatic nitrogens is 3. The van der Waals surface area contributed by atoms with E-state index < -0.39 is 0 Å². The summed E-state index contributed by atoms with van der Waals surface area (Å²) in [4.78, 5) is 14.1. The lowest BCUT2D eigenvalue weighted by molar-refractivity contribution is 0.102. The maximum Gasteiger partial charge on any atom is 0.255 e. The molecule has 0 spiro atoms. The Morgan fingerprint density at radius 2 is 1.68 bits per heavy atom. The molecule has 28 heavy (non-hydrogen) atoms. The van der Waals surface area contributed by atoms with E-state index in [1.807, 2.05) is 30.3 Å². The minimum atomic E-state index is -0.346. The molecule has 4 rings (SSSR count). The van der Waals surface area contributed by atoms with Crippen molar-refractivity contribution in [3.8, 4) is 11.4 Å². The first-order chi connectivity index (χ1) is 13.5. The lowest BCUT2D eigenvalue weighted by Gasteiger charge is -2.09. The molecule has 6 nitrogen and oxygen atoms in total. The molecule has 0 radical (unpaired) electrons. The summed E-state index contributed by atoms with van der Waals surface area (Å²) in [5, 5.41) is 12.4. The number of carbonyl (C=O) groups is 1. The van der Waals surface area contributed by atoms with Crippen LogP contribution < -0.4 is 10.1 Å². The molecule has 1 amide bonds. The first kappa shape index (κ1) is 18.3. The van der Waals surface area contributed by atoms with E-state index in [2.05, 4.69) is 15.5 Å². The number of benzene rings is 3. The second kappa shape index (κ2) is 7.50. The topological polar surface area (TPSA) is 69.0 Å². The summed E-state index contributed by atoms with van der Waals surface area (Å²) >= 11 is 12.4. The van der Waals surface area contributed by atoms with E-state index in [-0.39, 0.29) is 5.91 Å². The van der Waals surface area contributed by atoms with Crippen molar-refractivity contribution in [3.05, 3.63) is 76.3 Å². The Hall–Kier alpha value is -3.09. The second-order valence-electron chi connectivity index (χ2n) is 5.95. The van der Waals surface area contributed by atoms with Crippen molar-refractivity contribution in [2.75, 3.05) is 12.4 Å². The second-order valence-corrected chi connectivity index (χ2v) is 6.76. The van der Waals surface area contributed by atoms with Gasteiger partial charge in [0.05, 0.1) is 28.5 Å². The Labute approximate surface area is 170 Å². The average Bonchev–Trinajstić information content (AvgIpc) is 3.11. The highest BCUT2D eigenvalue weighted by molar-refractivity contribution is 6.35. The zero-order chi connectivity index (χ0) is 19.7. The molecule has 4 aromatic rings. The van der Waals surface area contributed by atoms with Gasteiger partial charge in [-0.1, -0.05) is 41.4 Å². The van der Waals surface area contributed by atoms with Gasteiger partial charge in [-0.15, -0.1) is 10.2 Å². The van der Waals surface area contributed by atoms with E-state index in [4.69, 9.17) is 27.9 Å². The number of nitrogens with zero attached hydrogens (tertiary/aromatic N) is 3. The van der Waals surface area contributed by atoms with Gasteiger partial charge in [-0.05, 0) is 42.5 Å². The highest BCUT2D eigenvalue weighted by atomic mass is 35.5. The van der Waals surface area contributed by atoms with Crippen molar-refractivity contribution in [2.45, 2.75) is 0 Å². The normalized spacial score (nSPS) is 10.8. The zero-order valence-corrected chi connectivity index (χ0v) is 16.2. The fourth-order valence-corrected chi connectivity index (χ4v) is 3.18. The minimum Gasteiger partial charge on any atom is -0.495 e. The van der Waals surface area contributed by atoms with Crippen LogP contribution in [0.2, 0.25) is 10.0 Å². The maximum atomic E-state index is 12.6. The molecule has 0 atom stereocenters. The first-order valence-corrected chi connectivity index (χ1v) is 9.07. The minimum absolute atomic E-state index is 0.346. The molecule has 8 heteroatoms. The fraction of sp³-hybridized carbons (Fsp3) is 0.0500. The van der Waals surface area contributed by atoms with E-state index in [9.17, 15) is 4.79 Å². The molecule has 1 heterocycles. The molecule has 0 fully saturated rings. The van der Waals surface area contributed by atoms with Crippen molar-refractivity contribution in [3.63, 3.8) is 0 Å². The van der Waals surface area contributed by atoms with Gasteiger partial charge in [0.25, 0.3) is 5.91 Å². The summed E-state index contributed by atoms with van der Waals surface area (Å²) in [5.74, 6) is 0.149. The van der Waals surface area contributed by atoms with Crippen molar-refractivity contribution in [1.29, 1.82) is 0 Å². The number of para-hydroxylation sites is 1. The predicted molar refractivity (Wildman–Crippen MR) is 110 cm³/mol. The van der Waals surface area contributed by atoms with E-state index in [1.165, 1.54) is 18.0 Å². The van der Waals surface area contributed by atoms with Crippen molar-refractivity contribution < 1.29 is 9.53 Å². The predicted octanol–water partition coefficient (Wildman–Crippen LogP) is 4.99. The summed E-state index contributed by atoms with van der Waals surface area (Å²) in [6.45, 7) is 0. The van der Waals surface area contributed by atoms with Crippen LogP contribution in [0.25, 0.3) is 16.7 Å². The molecule has 1 aromatic heterocycles. The summed E-state index contributed by atoms with van der Waals surface area (Å²) in [6, 6.07) is 17.7. The molecule has 0 saturated heterocycles. The van der Waals surface area contributed by atoms with Crippen LogP contribution in [0.1, 0.15) is 10.4 Å². The van der Waals surface area contributed by atoms with Crippen LogP contribution in [-0.2, 0) is 0 Å². The molecule has 0 bridgehead atoms. The quantitative estimate of drug-likeness (QED) is 0.512. The van der Waals surface area contributed by atoms with Crippen LogP contribution in [0.15, 0.2) is 60.7 Å². The largest absolute Gasteiger partial charge is 0.495 e. The molecule has 1 N–H and O–H groups in total. The van der Waals surface area contributed by atoms with Crippen LogP contribution in [0.4, 0.5) is 5.69 Å². The van der Waals surface area contributed by atoms with Gasteiger partial charge in [0.15, 0.2) is 0 Å². The molecule has 3 aromatic carbocycles. The number of methoxy groups -OCH3 is 1. The van der Waals surface area contributed by atoms with Crippen molar-refractivity contribution in [2.24, 2.45) is 0 Å². The molecular formula is C20H14Cl2N4O2. The number of rotatable bonds is 4. The van der Waals surface area contributed by atoms with E-state index in [0.717, 1.165) is 5.69 Å². The lowest BCUT2D eigenvalue weighted by Crippen LogP contribution is -2.12. The number of hydrogen-bond acceptors (Lipinski definition) is 4. The molecule has 0 aliphatic rings. The first-order valence-electron chi connectivity index (χ1n) is 8.32. The Kier molecular flexibility index (Phi) is 4.90. The standard InChI is InChI=1S/C20H14Cl2N4O2/c1-28-19-8-7-12(9-15(19)22)20(27)23-16-11-18-17(10-14(16)21)24-26(25-18)13-5-3-2-4-6-13/h2-11H,1H3,(H,23,27). The Bertz CT molecular complexity index is 1180. The van der Waals surface area contributed by atoms with Gasteiger partial charge in [-0.25, -0.2) is 0 Å². The van der Waals surface area contributed by atoms with Crippen LogP contribution in [-0.4, -0.2) is 28.0 Å². The fourth-order valence-electron chi connectivity index (χ4n) is 2.71. The van der Waals surface area contributed by atoms with Gasteiger partial charge in [0.2, 0.25) is 0 Å². The molecule has 0 saturated carbocycles. The summed E-state index contributed by atoms with van der Waals surface area (Å²) in [5.41, 5.74) is 2.88. The lowest BCUT2D eigenvalue weighted by atomic mass is 10.2. The van der Waals surface area contributed by atoms with E-state index >= 15 is 0 Å². The molecular weight excluding hydrogens is 399 g/mol. The third-order valence-corrected chi connectivity index (χ3v) is 4.73. The number of fused-ring (bicyclic) bond motifs is 1. The number of amides is 1. The third-order valence-electron chi connectivity index (χ3n) is 4.12. The summed E-state index contributed by atoms with van der Waals surface area (Å²) in [6.07, 6.45) is 0. The van der Waals surface area contributed by atoms with Gasteiger partial charge in [-0.3, -0.25) is 4.79 Å². The monoisotopic (exact) mass is 412 g/mol. The number of halogens is 2. The molecule has 0 unspecified atom stereocenters. The van der Waals surface area contributed by atoms with Crippen LogP contribution in [0.5, 0.6) is 5.75 Å². The highest BCUT2D eigenvalue weighted by Crippen LogP contribution is 2.29. The van der Waals surface area contributed by atoms with Crippen molar-refractivity contribution >= 4 is 45.8 Å². The SMILES string of the molecule is COc1ccc(C(=O)Nc2cc3nn(-c4ccccc4)nc3cc2Cl)cc1Cl. The van der Waals surface area contributed by atoms with E-state index in [1.54, 1.807) is 24.3 Å². The molecule has 140 valence electrons. The van der Waals surface area contributed by atoms with Crippen LogP contribution in [0.3, 0.4) is 0 Å². The summed E-state index contributed by atoms with van der Waals surface area (Å²) < 4.78 is 5.10. The third kappa shape index (κ3) is 3.52. The Balaban J connectivity index is 1.64. The Morgan fingerprint density at radius 1 is 0.964 bits per heavy atom. The highest BCUT2D eigenvalue weighted by Gasteiger charge is 2.14. The van der Waals surface area contributed by atoms with Gasteiger partial charge in [-0.2, -0.15) is 4.80 Å². The Morgan fingerprint density at radius 3 is 2.36 bits per heavy atom. The van der Waals surface area contributed by atoms with Gasteiger partial charge >= 0.3 is 0 Å². The van der Waals surface area contributed by atoms with Gasteiger partial charge in [0, 0.05) is 5.56 Å². The van der Waals surface area contributed by atoms with Crippen molar-refractivity contribution in [1.82, 2.24) is 15.0 Å². The van der Waals surface area contributed by atoms with Crippen LogP contribution in [0, 0.1) is 0 Å². The number of carbonyl (C=O) groups excluding carboxylic acids is 1. The number of hydrogen-bond donors (Lipinski definition) is 1. The van der Waals surface area contributed by atoms with Crippen LogP contribution >= 0.6 is 23.2 Å². The van der Waals surface area contributed by atoms with E-state index in [0.29, 0.717) is 38.1 Å². The average molecular weight is 413 g/mol. The summed E-state index contributed by atoms with van der Waals surface area (Å²) in [7, 11) is 1.51. The molecule has 0 aliphatic heterocycles.